The summed E-state index contributed by atoms with van der Waals surface area (Å²) in [4.78, 5) is 12.2. The van der Waals surface area contributed by atoms with Crippen molar-refractivity contribution in [2.45, 2.75) is 37.4 Å². The van der Waals surface area contributed by atoms with Crippen LogP contribution in [0, 0.1) is 0 Å². The standard InChI is InChI=1S/C15H17N3O3S/c1-2-18-14(9-3-4-9)16-17-15(18)22-8-13(21)10-5-6-11(19)12(20)7-10/h5-7,9,19-20H,2-4,8H2,1H3. The molecule has 1 aromatic carbocycles. The molecule has 0 saturated heterocycles. The van der Waals surface area contributed by atoms with E-state index in [1.54, 1.807) is 0 Å². The van der Waals surface area contributed by atoms with Crippen LogP contribution in [0.25, 0.3) is 0 Å². The third kappa shape index (κ3) is 2.94. The number of hydrogen-bond donors (Lipinski definition) is 2. The van der Waals surface area contributed by atoms with Crippen molar-refractivity contribution in [1.82, 2.24) is 14.8 Å². The second-order valence-corrected chi connectivity index (χ2v) is 6.22. The fourth-order valence-electron chi connectivity index (χ4n) is 2.26. The van der Waals surface area contributed by atoms with E-state index < -0.39 is 0 Å². The predicted molar refractivity (Wildman–Crippen MR) is 82.5 cm³/mol. The molecule has 116 valence electrons. The molecule has 0 atom stereocenters. The molecule has 0 radical (unpaired) electrons. The Kier molecular flexibility index (Phi) is 4.06. The minimum absolute atomic E-state index is 0.126. The molecule has 2 N–H and O–H groups in total. The van der Waals surface area contributed by atoms with Crippen LogP contribution in [0.2, 0.25) is 0 Å². The van der Waals surface area contributed by atoms with Gasteiger partial charge in [0, 0.05) is 18.0 Å². The molecule has 1 aliphatic carbocycles. The molecule has 0 aliphatic heterocycles. The van der Waals surface area contributed by atoms with Gasteiger partial charge in [-0.3, -0.25) is 4.79 Å². The van der Waals surface area contributed by atoms with Crippen LogP contribution in [0.15, 0.2) is 23.4 Å². The predicted octanol–water partition coefficient (Wildman–Crippen LogP) is 2.56. The highest BCUT2D eigenvalue weighted by atomic mass is 32.2. The molecule has 1 heterocycles. The number of hydrogen-bond acceptors (Lipinski definition) is 6. The maximum absolute atomic E-state index is 12.2. The summed E-state index contributed by atoms with van der Waals surface area (Å²) < 4.78 is 2.06. The van der Waals surface area contributed by atoms with E-state index in [0.29, 0.717) is 11.5 Å². The van der Waals surface area contributed by atoms with Gasteiger partial charge in [0.05, 0.1) is 5.75 Å². The fraction of sp³-hybridized carbons (Fsp3) is 0.400. The van der Waals surface area contributed by atoms with E-state index in [2.05, 4.69) is 14.8 Å². The lowest BCUT2D eigenvalue weighted by molar-refractivity contribution is 0.102. The molecule has 0 amide bonds. The Morgan fingerprint density at radius 2 is 2.09 bits per heavy atom. The lowest BCUT2D eigenvalue weighted by Gasteiger charge is -2.06. The quantitative estimate of drug-likeness (QED) is 0.483. The first-order valence-electron chi connectivity index (χ1n) is 7.21. The first-order chi connectivity index (χ1) is 10.6. The number of thioether (sulfide) groups is 1. The molecule has 3 rings (SSSR count). The summed E-state index contributed by atoms with van der Waals surface area (Å²) in [6, 6.07) is 4.09. The molecule has 1 fully saturated rings. The topological polar surface area (TPSA) is 88.2 Å². The average molecular weight is 319 g/mol. The van der Waals surface area contributed by atoms with Crippen molar-refractivity contribution < 1.29 is 15.0 Å². The molecule has 0 bridgehead atoms. The fourth-order valence-corrected chi connectivity index (χ4v) is 3.16. The van der Waals surface area contributed by atoms with Crippen molar-refractivity contribution >= 4 is 17.5 Å². The van der Waals surface area contributed by atoms with Gasteiger partial charge in [0.25, 0.3) is 0 Å². The highest BCUT2D eigenvalue weighted by Gasteiger charge is 2.30. The lowest BCUT2D eigenvalue weighted by Crippen LogP contribution is -2.06. The molecular formula is C15H17N3O3S. The van der Waals surface area contributed by atoms with E-state index in [0.717, 1.165) is 30.4 Å². The largest absolute Gasteiger partial charge is 0.504 e. The normalized spacial score (nSPS) is 14.2. The summed E-state index contributed by atoms with van der Waals surface area (Å²) in [5, 5.41) is 27.9. The number of benzene rings is 1. The number of carbonyl (C=O) groups excluding carboxylic acids is 1. The molecule has 0 unspecified atom stereocenters. The second-order valence-electron chi connectivity index (χ2n) is 5.27. The number of aromatic nitrogens is 3. The summed E-state index contributed by atoms with van der Waals surface area (Å²) in [5.74, 6) is 1.10. The third-order valence-corrected chi connectivity index (χ3v) is 4.60. The van der Waals surface area contributed by atoms with Crippen LogP contribution in [-0.2, 0) is 6.54 Å². The van der Waals surface area contributed by atoms with Crippen molar-refractivity contribution in [2.24, 2.45) is 0 Å². The second kappa shape index (κ2) is 6.00. The molecule has 1 aromatic heterocycles. The number of phenols is 2. The van der Waals surface area contributed by atoms with Gasteiger partial charge in [-0.05, 0) is 38.0 Å². The Labute approximate surface area is 132 Å². The van der Waals surface area contributed by atoms with E-state index in [9.17, 15) is 15.0 Å². The number of nitrogens with zero attached hydrogens (tertiary/aromatic N) is 3. The number of rotatable bonds is 6. The molecule has 1 saturated carbocycles. The molecule has 2 aromatic rings. The van der Waals surface area contributed by atoms with Gasteiger partial charge in [-0.25, -0.2) is 0 Å². The van der Waals surface area contributed by atoms with Crippen LogP contribution < -0.4 is 0 Å². The van der Waals surface area contributed by atoms with E-state index in [4.69, 9.17) is 0 Å². The molecule has 6 nitrogen and oxygen atoms in total. The van der Waals surface area contributed by atoms with Crippen LogP contribution in [0.3, 0.4) is 0 Å². The number of Topliss-reactive ketones (excluding diaryl/α,β-unsaturated/α-hetero) is 1. The molecule has 22 heavy (non-hydrogen) atoms. The summed E-state index contributed by atoms with van der Waals surface area (Å²) in [6.07, 6.45) is 2.32. The van der Waals surface area contributed by atoms with E-state index >= 15 is 0 Å². The maximum Gasteiger partial charge on any atom is 0.191 e. The number of aromatic hydroxyl groups is 2. The number of phenolic OH excluding ortho intramolecular Hbond substituents is 2. The zero-order valence-electron chi connectivity index (χ0n) is 12.2. The van der Waals surface area contributed by atoms with Gasteiger partial charge >= 0.3 is 0 Å². The van der Waals surface area contributed by atoms with Crippen molar-refractivity contribution in [1.29, 1.82) is 0 Å². The van der Waals surface area contributed by atoms with Gasteiger partial charge in [0.15, 0.2) is 22.4 Å². The first-order valence-corrected chi connectivity index (χ1v) is 8.19. The summed E-state index contributed by atoms with van der Waals surface area (Å²) in [7, 11) is 0. The number of carbonyl (C=O) groups is 1. The third-order valence-electron chi connectivity index (χ3n) is 3.63. The summed E-state index contributed by atoms with van der Waals surface area (Å²) in [6.45, 7) is 2.83. The van der Waals surface area contributed by atoms with Gasteiger partial charge < -0.3 is 14.8 Å². The van der Waals surface area contributed by atoms with Crippen molar-refractivity contribution in [3.8, 4) is 11.5 Å². The van der Waals surface area contributed by atoms with Gasteiger partial charge in [-0.1, -0.05) is 11.8 Å². The van der Waals surface area contributed by atoms with Gasteiger partial charge in [0.1, 0.15) is 5.82 Å². The van der Waals surface area contributed by atoms with Crippen molar-refractivity contribution in [3.63, 3.8) is 0 Å². The summed E-state index contributed by atoms with van der Waals surface area (Å²) in [5.41, 5.74) is 0.368. The Morgan fingerprint density at radius 3 is 2.73 bits per heavy atom. The van der Waals surface area contributed by atoms with Crippen LogP contribution in [0.1, 0.15) is 41.9 Å². The monoisotopic (exact) mass is 319 g/mol. The Balaban J connectivity index is 1.69. The Bertz CT molecular complexity index is 710. The lowest BCUT2D eigenvalue weighted by atomic mass is 10.1. The van der Waals surface area contributed by atoms with E-state index in [-0.39, 0.29) is 23.0 Å². The first kappa shape index (κ1) is 14.9. The van der Waals surface area contributed by atoms with Gasteiger partial charge in [0.2, 0.25) is 0 Å². The minimum atomic E-state index is -0.288. The van der Waals surface area contributed by atoms with Crippen molar-refractivity contribution in [2.75, 3.05) is 5.75 Å². The molecule has 0 spiro atoms. The SMILES string of the molecule is CCn1c(SCC(=O)c2ccc(O)c(O)c2)nnc1C1CC1. The molecular weight excluding hydrogens is 302 g/mol. The zero-order valence-corrected chi connectivity index (χ0v) is 13.0. The van der Waals surface area contributed by atoms with Crippen LogP contribution in [0.5, 0.6) is 11.5 Å². The highest BCUT2D eigenvalue weighted by Crippen LogP contribution is 2.40. The summed E-state index contributed by atoms with van der Waals surface area (Å²) >= 11 is 1.35. The van der Waals surface area contributed by atoms with Crippen LogP contribution in [0.4, 0.5) is 0 Å². The smallest absolute Gasteiger partial charge is 0.191 e. The number of ketones is 1. The van der Waals surface area contributed by atoms with Crippen molar-refractivity contribution in [3.05, 3.63) is 29.6 Å². The maximum atomic E-state index is 12.2. The van der Waals surface area contributed by atoms with E-state index in [1.807, 2.05) is 6.92 Å². The average Bonchev–Trinajstić information content (AvgIpc) is 3.27. The zero-order chi connectivity index (χ0) is 15.7. The van der Waals surface area contributed by atoms with Crippen LogP contribution >= 0.6 is 11.8 Å². The Hall–Kier alpha value is -2.02. The minimum Gasteiger partial charge on any atom is -0.504 e. The molecule has 1 aliphatic rings. The van der Waals surface area contributed by atoms with E-state index in [1.165, 1.54) is 30.0 Å². The highest BCUT2D eigenvalue weighted by molar-refractivity contribution is 7.99. The van der Waals surface area contributed by atoms with Gasteiger partial charge in [-0.2, -0.15) is 0 Å². The van der Waals surface area contributed by atoms with Gasteiger partial charge in [-0.15, -0.1) is 10.2 Å². The van der Waals surface area contributed by atoms with Crippen LogP contribution in [-0.4, -0.2) is 36.5 Å². The molecule has 7 heteroatoms. The Morgan fingerprint density at radius 1 is 1.32 bits per heavy atom.